The van der Waals surface area contributed by atoms with Crippen LogP contribution >= 0.6 is 0 Å². The molecule has 0 saturated carbocycles. The Morgan fingerprint density at radius 1 is 1.32 bits per heavy atom. The second kappa shape index (κ2) is 5.12. The molecule has 0 aromatic heterocycles. The summed E-state index contributed by atoms with van der Waals surface area (Å²) in [6.07, 6.45) is 0. The third-order valence-electron chi connectivity index (χ3n) is 4.08. The molecule has 0 radical (unpaired) electrons. The summed E-state index contributed by atoms with van der Waals surface area (Å²) >= 11 is 0. The van der Waals surface area contributed by atoms with Crippen molar-refractivity contribution in [2.45, 2.75) is 46.7 Å². The number of nitrogens with one attached hydrogen (secondary N) is 1. The first-order chi connectivity index (χ1) is 8.79. The number of aryl methyl sites for hydroxylation is 1. The number of anilines is 1. The highest BCUT2D eigenvalue weighted by Crippen LogP contribution is 2.29. The van der Waals surface area contributed by atoms with Crippen LogP contribution in [0.2, 0.25) is 0 Å². The molecule has 106 valence electrons. The molecule has 2 rings (SSSR count). The van der Waals surface area contributed by atoms with Crippen molar-refractivity contribution in [2.24, 2.45) is 5.41 Å². The van der Waals surface area contributed by atoms with Crippen molar-refractivity contribution in [1.82, 2.24) is 5.32 Å². The lowest BCUT2D eigenvalue weighted by molar-refractivity contribution is 0.239. The van der Waals surface area contributed by atoms with E-state index in [-0.39, 0.29) is 11.2 Å². The van der Waals surface area contributed by atoms with Gasteiger partial charge in [0.2, 0.25) is 0 Å². The Kier molecular flexibility index (Phi) is 3.86. The van der Waals surface area contributed by atoms with Crippen molar-refractivity contribution in [1.29, 1.82) is 0 Å². The predicted octanol–water partition coefficient (Wildman–Crippen LogP) is 3.35. The highest BCUT2D eigenvalue weighted by Gasteiger charge is 2.32. The van der Waals surface area contributed by atoms with Gasteiger partial charge in [-0.15, -0.1) is 0 Å². The SMILES string of the molecule is Cc1cc(F)ccc1N1CC(C(C)(C)C)NCC1C. The molecule has 1 saturated heterocycles. The van der Waals surface area contributed by atoms with E-state index >= 15 is 0 Å². The molecular formula is C16H25FN2. The van der Waals surface area contributed by atoms with E-state index in [4.69, 9.17) is 0 Å². The van der Waals surface area contributed by atoms with E-state index in [1.165, 1.54) is 0 Å². The molecule has 1 aromatic carbocycles. The van der Waals surface area contributed by atoms with Gasteiger partial charge in [0.1, 0.15) is 5.82 Å². The summed E-state index contributed by atoms with van der Waals surface area (Å²) in [6, 6.07) is 5.97. The van der Waals surface area contributed by atoms with Crippen molar-refractivity contribution in [2.75, 3.05) is 18.0 Å². The van der Waals surface area contributed by atoms with E-state index < -0.39 is 0 Å². The zero-order valence-corrected chi connectivity index (χ0v) is 12.6. The molecule has 0 amide bonds. The lowest BCUT2D eigenvalue weighted by Crippen LogP contribution is -2.59. The molecule has 0 bridgehead atoms. The molecule has 1 fully saturated rings. The Labute approximate surface area is 116 Å². The number of hydrogen-bond donors (Lipinski definition) is 1. The smallest absolute Gasteiger partial charge is 0.123 e. The quantitative estimate of drug-likeness (QED) is 0.837. The average Bonchev–Trinajstić information content (AvgIpc) is 2.29. The van der Waals surface area contributed by atoms with Crippen LogP contribution in [0.3, 0.4) is 0 Å². The molecule has 1 aromatic rings. The van der Waals surface area contributed by atoms with Gasteiger partial charge in [-0.3, -0.25) is 0 Å². The summed E-state index contributed by atoms with van der Waals surface area (Å²) in [7, 11) is 0. The van der Waals surface area contributed by atoms with E-state index in [0.717, 1.165) is 24.3 Å². The molecule has 1 aliphatic heterocycles. The van der Waals surface area contributed by atoms with Gasteiger partial charge in [0, 0.05) is 30.9 Å². The number of benzene rings is 1. The second-order valence-corrected chi connectivity index (χ2v) is 6.76. The lowest BCUT2D eigenvalue weighted by atomic mass is 9.84. The summed E-state index contributed by atoms with van der Waals surface area (Å²) in [5, 5.41) is 3.62. The fraction of sp³-hybridized carbons (Fsp3) is 0.625. The number of hydrogen-bond acceptors (Lipinski definition) is 2. The Bertz CT molecular complexity index is 451. The molecule has 2 nitrogen and oxygen atoms in total. The maximum atomic E-state index is 13.2. The van der Waals surface area contributed by atoms with Crippen molar-refractivity contribution < 1.29 is 4.39 Å². The Hall–Kier alpha value is -1.09. The van der Waals surface area contributed by atoms with Gasteiger partial charge in [-0.05, 0) is 43.0 Å². The molecular weight excluding hydrogens is 239 g/mol. The van der Waals surface area contributed by atoms with Gasteiger partial charge in [-0.2, -0.15) is 0 Å². The molecule has 0 spiro atoms. The fourth-order valence-corrected chi connectivity index (χ4v) is 2.72. The van der Waals surface area contributed by atoms with Crippen LogP contribution in [-0.2, 0) is 0 Å². The van der Waals surface area contributed by atoms with Crippen LogP contribution in [0, 0.1) is 18.2 Å². The molecule has 1 N–H and O–H groups in total. The Morgan fingerprint density at radius 3 is 2.58 bits per heavy atom. The van der Waals surface area contributed by atoms with Gasteiger partial charge in [0.25, 0.3) is 0 Å². The maximum Gasteiger partial charge on any atom is 0.123 e. The number of rotatable bonds is 1. The van der Waals surface area contributed by atoms with Crippen molar-refractivity contribution in [3.05, 3.63) is 29.6 Å². The van der Waals surface area contributed by atoms with E-state index in [9.17, 15) is 4.39 Å². The van der Waals surface area contributed by atoms with Crippen molar-refractivity contribution >= 4 is 5.69 Å². The summed E-state index contributed by atoms with van der Waals surface area (Å²) in [4.78, 5) is 2.40. The molecule has 1 aliphatic rings. The first-order valence-corrected chi connectivity index (χ1v) is 7.05. The largest absolute Gasteiger partial charge is 0.366 e. The summed E-state index contributed by atoms with van der Waals surface area (Å²) in [6.45, 7) is 12.9. The highest BCUT2D eigenvalue weighted by atomic mass is 19.1. The average molecular weight is 264 g/mol. The minimum atomic E-state index is -0.156. The van der Waals surface area contributed by atoms with Gasteiger partial charge in [-0.25, -0.2) is 4.39 Å². The van der Waals surface area contributed by atoms with Crippen LogP contribution in [0.15, 0.2) is 18.2 Å². The second-order valence-electron chi connectivity index (χ2n) is 6.76. The monoisotopic (exact) mass is 264 g/mol. The van der Waals surface area contributed by atoms with E-state index in [1.54, 1.807) is 12.1 Å². The molecule has 2 unspecified atom stereocenters. The minimum Gasteiger partial charge on any atom is -0.366 e. The summed E-state index contributed by atoms with van der Waals surface area (Å²) in [5.74, 6) is -0.156. The molecule has 19 heavy (non-hydrogen) atoms. The van der Waals surface area contributed by atoms with E-state index in [1.807, 2.05) is 13.0 Å². The van der Waals surface area contributed by atoms with Gasteiger partial charge in [0.15, 0.2) is 0 Å². The standard InChI is InChI=1S/C16H25FN2/c1-11-8-13(17)6-7-14(11)19-10-15(16(3,4)5)18-9-12(19)2/h6-8,12,15,18H,9-10H2,1-5H3. The third-order valence-corrected chi connectivity index (χ3v) is 4.08. The Balaban J connectivity index is 2.26. The van der Waals surface area contributed by atoms with Crippen LogP contribution in [-0.4, -0.2) is 25.2 Å². The van der Waals surface area contributed by atoms with E-state index in [0.29, 0.717) is 12.1 Å². The van der Waals surface area contributed by atoms with Crippen molar-refractivity contribution in [3.63, 3.8) is 0 Å². The van der Waals surface area contributed by atoms with Crippen LogP contribution in [0.4, 0.5) is 10.1 Å². The van der Waals surface area contributed by atoms with Gasteiger partial charge in [0.05, 0.1) is 0 Å². The van der Waals surface area contributed by atoms with Crippen LogP contribution in [0.1, 0.15) is 33.3 Å². The van der Waals surface area contributed by atoms with E-state index in [2.05, 4.69) is 37.9 Å². The topological polar surface area (TPSA) is 15.3 Å². The lowest BCUT2D eigenvalue weighted by Gasteiger charge is -2.45. The first kappa shape index (κ1) is 14.3. The highest BCUT2D eigenvalue weighted by molar-refractivity contribution is 5.54. The molecule has 1 heterocycles. The number of piperazine rings is 1. The van der Waals surface area contributed by atoms with Crippen LogP contribution in [0.25, 0.3) is 0 Å². The fourth-order valence-electron chi connectivity index (χ4n) is 2.72. The minimum absolute atomic E-state index is 0.156. The number of nitrogens with zero attached hydrogens (tertiary/aromatic N) is 1. The first-order valence-electron chi connectivity index (χ1n) is 7.05. The van der Waals surface area contributed by atoms with Crippen LogP contribution in [0.5, 0.6) is 0 Å². The van der Waals surface area contributed by atoms with Gasteiger partial charge in [-0.1, -0.05) is 20.8 Å². The molecule has 0 aliphatic carbocycles. The Morgan fingerprint density at radius 2 is 2.00 bits per heavy atom. The van der Waals surface area contributed by atoms with Gasteiger partial charge >= 0.3 is 0 Å². The molecule has 2 atom stereocenters. The summed E-state index contributed by atoms with van der Waals surface area (Å²) in [5.41, 5.74) is 2.40. The van der Waals surface area contributed by atoms with Crippen LogP contribution < -0.4 is 10.2 Å². The van der Waals surface area contributed by atoms with Gasteiger partial charge < -0.3 is 10.2 Å². The summed E-state index contributed by atoms with van der Waals surface area (Å²) < 4.78 is 13.2. The predicted molar refractivity (Wildman–Crippen MR) is 79.2 cm³/mol. The zero-order valence-electron chi connectivity index (χ0n) is 12.6. The number of halogens is 1. The third kappa shape index (κ3) is 3.08. The maximum absolute atomic E-state index is 13.2. The zero-order chi connectivity index (χ0) is 14.2. The normalized spacial score (nSPS) is 24.6. The van der Waals surface area contributed by atoms with Crippen molar-refractivity contribution in [3.8, 4) is 0 Å². The molecule has 3 heteroatoms.